The maximum absolute atomic E-state index is 14.3. The Bertz CT molecular complexity index is 675. The van der Waals surface area contributed by atoms with Crippen LogP contribution in [-0.2, 0) is 10.8 Å². The molecule has 0 saturated heterocycles. The summed E-state index contributed by atoms with van der Waals surface area (Å²) < 4.78 is 74.5. The van der Waals surface area contributed by atoms with Crippen molar-refractivity contribution in [3.8, 4) is 5.75 Å². The van der Waals surface area contributed by atoms with Gasteiger partial charge in [0.15, 0.2) is 11.6 Å². The summed E-state index contributed by atoms with van der Waals surface area (Å²) >= 11 is 0. The van der Waals surface area contributed by atoms with E-state index in [9.17, 15) is 22.0 Å². The van der Waals surface area contributed by atoms with Gasteiger partial charge in [-0.1, -0.05) is 6.92 Å². The first kappa shape index (κ1) is 16.2. The van der Waals surface area contributed by atoms with E-state index < -0.39 is 45.9 Å². The lowest BCUT2D eigenvalue weighted by molar-refractivity contribution is -0.306. The zero-order valence-electron chi connectivity index (χ0n) is 12.3. The van der Waals surface area contributed by atoms with Gasteiger partial charge in [0, 0.05) is 5.41 Å². The van der Waals surface area contributed by atoms with Gasteiger partial charge in [-0.05, 0) is 43.9 Å². The minimum atomic E-state index is -4.15. The Morgan fingerprint density at radius 1 is 1.04 bits per heavy atom. The number of ether oxygens (including phenoxy) is 1. The predicted molar refractivity (Wildman–Crippen MR) is 71.5 cm³/mol. The highest BCUT2D eigenvalue weighted by Gasteiger charge is 2.53. The molecule has 2 nitrogen and oxygen atoms in total. The number of phenols is 1. The van der Waals surface area contributed by atoms with Crippen LogP contribution in [0.5, 0.6) is 5.75 Å². The zero-order chi connectivity index (χ0) is 17.0. The van der Waals surface area contributed by atoms with E-state index in [4.69, 9.17) is 9.84 Å². The quantitative estimate of drug-likeness (QED) is 0.795. The Balaban J connectivity index is 1.95. The number of phenolic OH excluding ortho intramolecular Hbond substituents is 1. The van der Waals surface area contributed by atoms with Crippen molar-refractivity contribution in [3.63, 3.8) is 0 Å². The lowest BCUT2D eigenvalue weighted by atomic mass is 9.63. The Morgan fingerprint density at radius 2 is 1.65 bits per heavy atom. The number of hydrogen-bond acceptors (Lipinski definition) is 2. The minimum Gasteiger partial charge on any atom is -0.505 e. The van der Waals surface area contributed by atoms with E-state index >= 15 is 0 Å². The second-order valence-corrected chi connectivity index (χ2v) is 6.50. The van der Waals surface area contributed by atoms with Crippen molar-refractivity contribution in [2.24, 2.45) is 5.41 Å². The van der Waals surface area contributed by atoms with E-state index in [2.05, 4.69) is 0 Å². The summed E-state index contributed by atoms with van der Waals surface area (Å²) in [5.74, 6) is -5.24. The number of allylic oxidation sites excluding steroid dienone is 1. The topological polar surface area (TPSA) is 29.5 Å². The second-order valence-electron chi connectivity index (χ2n) is 6.50. The summed E-state index contributed by atoms with van der Waals surface area (Å²) in [5, 5.41) is 9.02. The number of benzene rings is 1. The third-order valence-electron chi connectivity index (χ3n) is 4.87. The van der Waals surface area contributed by atoms with Crippen LogP contribution in [0.3, 0.4) is 0 Å². The van der Waals surface area contributed by atoms with Gasteiger partial charge >= 0.3 is 6.11 Å². The van der Waals surface area contributed by atoms with Gasteiger partial charge in [0.1, 0.15) is 5.83 Å². The number of hydrogen-bond donors (Lipinski definition) is 1. The molecule has 0 atom stereocenters. The van der Waals surface area contributed by atoms with Gasteiger partial charge in [0.05, 0.1) is 11.2 Å². The molecular weight excluding hydrogens is 319 g/mol. The van der Waals surface area contributed by atoms with E-state index in [-0.39, 0.29) is 12.8 Å². The summed E-state index contributed by atoms with van der Waals surface area (Å²) in [6.07, 6.45) is -2.08. The third-order valence-corrected chi connectivity index (χ3v) is 4.87. The van der Waals surface area contributed by atoms with Gasteiger partial charge in [-0.3, -0.25) is 0 Å². The molecule has 0 aliphatic heterocycles. The fourth-order valence-corrected chi connectivity index (χ4v) is 3.22. The van der Waals surface area contributed by atoms with Crippen LogP contribution < -0.4 is 0 Å². The van der Waals surface area contributed by atoms with Crippen molar-refractivity contribution >= 4 is 0 Å². The van der Waals surface area contributed by atoms with Crippen LogP contribution >= 0.6 is 0 Å². The standard InChI is InChI=1S/C16H15F5O2/c1-14-4-6-15(7-5-14,8-11(14)17)23-16(20,21)9-2-3-10(22)13(19)12(9)18/h2-3,8,22H,4-7H2,1H3. The fourth-order valence-electron chi connectivity index (χ4n) is 3.22. The fraction of sp³-hybridized carbons (Fsp3) is 0.500. The molecule has 1 fully saturated rings. The molecule has 3 aliphatic rings. The van der Waals surface area contributed by atoms with E-state index in [1.54, 1.807) is 6.92 Å². The maximum atomic E-state index is 14.3. The molecule has 1 aromatic rings. The summed E-state index contributed by atoms with van der Waals surface area (Å²) in [5.41, 5.74) is -3.52. The first-order valence-electron chi connectivity index (χ1n) is 7.23. The minimum absolute atomic E-state index is 0.175. The Hall–Kier alpha value is -1.63. The van der Waals surface area contributed by atoms with Gasteiger partial charge in [-0.25, -0.2) is 8.78 Å². The van der Waals surface area contributed by atoms with Crippen LogP contribution in [0.15, 0.2) is 24.0 Å². The third kappa shape index (κ3) is 2.51. The largest absolute Gasteiger partial charge is 0.505 e. The van der Waals surface area contributed by atoms with E-state index in [0.717, 1.165) is 6.08 Å². The average Bonchev–Trinajstić information content (AvgIpc) is 2.46. The molecule has 0 heterocycles. The van der Waals surface area contributed by atoms with Gasteiger partial charge in [-0.15, -0.1) is 0 Å². The first-order chi connectivity index (χ1) is 10.6. The Labute approximate surface area is 129 Å². The van der Waals surface area contributed by atoms with Crippen molar-refractivity contribution in [3.05, 3.63) is 41.2 Å². The highest BCUT2D eigenvalue weighted by Crippen LogP contribution is 2.55. The molecule has 1 saturated carbocycles. The van der Waals surface area contributed by atoms with Crippen LogP contribution in [0.25, 0.3) is 0 Å². The van der Waals surface area contributed by atoms with E-state index in [0.29, 0.717) is 25.0 Å². The highest BCUT2D eigenvalue weighted by atomic mass is 19.3. The van der Waals surface area contributed by atoms with Crippen LogP contribution in [0.1, 0.15) is 38.2 Å². The SMILES string of the molecule is CC12CCC(OC(F)(F)c3ccc(O)c(F)c3F)(C=C1F)CC2. The Kier molecular flexibility index (Phi) is 3.48. The molecule has 2 bridgehead atoms. The van der Waals surface area contributed by atoms with Gasteiger partial charge in [-0.2, -0.15) is 13.2 Å². The monoisotopic (exact) mass is 334 g/mol. The summed E-state index contributed by atoms with van der Waals surface area (Å²) in [6.45, 7) is 1.72. The Morgan fingerprint density at radius 3 is 2.22 bits per heavy atom. The van der Waals surface area contributed by atoms with Gasteiger partial charge in [0.25, 0.3) is 0 Å². The average molecular weight is 334 g/mol. The number of aromatic hydroxyl groups is 1. The zero-order valence-corrected chi connectivity index (χ0v) is 12.3. The molecule has 1 N–H and O–H groups in total. The molecule has 126 valence electrons. The van der Waals surface area contributed by atoms with Crippen molar-refractivity contribution in [2.45, 2.75) is 44.3 Å². The molecule has 3 aliphatic carbocycles. The summed E-state index contributed by atoms with van der Waals surface area (Å²) in [6, 6.07) is 1.18. The van der Waals surface area contributed by atoms with Crippen LogP contribution in [0, 0.1) is 17.0 Å². The lowest BCUT2D eigenvalue weighted by Gasteiger charge is -2.48. The van der Waals surface area contributed by atoms with Crippen LogP contribution in [0.4, 0.5) is 22.0 Å². The molecule has 0 spiro atoms. The second kappa shape index (κ2) is 4.93. The van der Waals surface area contributed by atoms with Gasteiger partial charge in [0.2, 0.25) is 5.82 Å². The molecule has 23 heavy (non-hydrogen) atoms. The van der Waals surface area contributed by atoms with Crippen molar-refractivity contribution in [2.75, 3.05) is 0 Å². The summed E-state index contributed by atoms with van der Waals surface area (Å²) in [4.78, 5) is 0. The highest BCUT2D eigenvalue weighted by molar-refractivity contribution is 5.32. The molecule has 7 heteroatoms. The molecule has 0 radical (unpaired) electrons. The molecule has 0 amide bonds. The van der Waals surface area contributed by atoms with Crippen molar-refractivity contribution < 1.29 is 31.8 Å². The number of halogens is 5. The molecule has 1 aromatic carbocycles. The molecular formula is C16H15F5O2. The van der Waals surface area contributed by atoms with Crippen molar-refractivity contribution in [1.29, 1.82) is 0 Å². The van der Waals surface area contributed by atoms with Crippen molar-refractivity contribution in [1.82, 2.24) is 0 Å². The van der Waals surface area contributed by atoms with Gasteiger partial charge < -0.3 is 9.84 Å². The molecule has 0 aromatic heterocycles. The first-order valence-corrected chi connectivity index (χ1v) is 7.23. The molecule has 4 rings (SSSR count). The van der Waals surface area contributed by atoms with Crippen LogP contribution in [-0.4, -0.2) is 10.7 Å². The molecule has 0 unspecified atom stereocenters. The number of rotatable bonds is 3. The lowest BCUT2D eigenvalue weighted by Crippen LogP contribution is -2.47. The van der Waals surface area contributed by atoms with Crippen LogP contribution in [0.2, 0.25) is 0 Å². The smallest absolute Gasteiger partial charge is 0.387 e. The normalized spacial score (nSPS) is 30.4. The predicted octanol–water partition coefficient (Wildman–Crippen LogP) is 4.92. The van der Waals surface area contributed by atoms with E-state index in [1.807, 2.05) is 0 Å². The number of fused-ring (bicyclic) bond motifs is 2. The summed E-state index contributed by atoms with van der Waals surface area (Å²) in [7, 11) is 0. The maximum Gasteiger partial charge on any atom is 0.387 e. The van der Waals surface area contributed by atoms with E-state index in [1.165, 1.54) is 0 Å². The number of alkyl halides is 2.